The van der Waals surface area contributed by atoms with Gasteiger partial charge >= 0.3 is 5.97 Å². The molecule has 0 unspecified atom stereocenters. The lowest BCUT2D eigenvalue weighted by atomic mass is 10.1. The summed E-state index contributed by atoms with van der Waals surface area (Å²) in [6.45, 7) is 0.189. The van der Waals surface area contributed by atoms with Gasteiger partial charge in [0.15, 0.2) is 0 Å². The van der Waals surface area contributed by atoms with E-state index in [1.54, 1.807) is 0 Å². The topological polar surface area (TPSA) is 83.5 Å². The molecule has 1 aliphatic carbocycles. The number of benzene rings is 1. The molecule has 0 saturated carbocycles. The lowest BCUT2D eigenvalue weighted by Crippen LogP contribution is -2.31. The number of nitrogens with one attached hydrogen (secondary N) is 1. The van der Waals surface area contributed by atoms with Gasteiger partial charge in [0, 0.05) is 13.0 Å². The Bertz CT molecular complexity index is 558. The van der Waals surface area contributed by atoms with Crippen LogP contribution in [0.1, 0.15) is 24.0 Å². The summed E-state index contributed by atoms with van der Waals surface area (Å²) in [5.41, 5.74) is 2.47. The highest BCUT2D eigenvalue weighted by Gasteiger charge is 2.25. The van der Waals surface area contributed by atoms with E-state index in [4.69, 9.17) is 5.11 Å². The van der Waals surface area contributed by atoms with E-state index in [0.29, 0.717) is 6.42 Å². The Kier molecular flexibility index (Phi) is 4.77. The normalized spacial score (nSPS) is 15.2. The molecule has 0 spiro atoms. The third-order valence-electron chi connectivity index (χ3n) is 3.48. The quantitative estimate of drug-likeness (QED) is 0.740. The molecule has 5 nitrogen and oxygen atoms in total. The van der Waals surface area contributed by atoms with Crippen LogP contribution < -0.4 is 4.72 Å². The summed E-state index contributed by atoms with van der Waals surface area (Å²) in [6.07, 6.45) is 1.90. The van der Waals surface area contributed by atoms with E-state index in [9.17, 15) is 13.2 Å². The van der Waals surface area contributed by atoms with Crippen LogP contribution in [0.3, 0.4) is 0 Å². The Hall–Kier alpha value is -1.40. The number of carboxylic acid groups (broad SMARTS) is 1. The van der Waals surface area contributed by atoms with E-state index in [1.165, 1.54) is 11.1 Å². The molecule has 0 radical (unpaired) electrons. The average molecular weight is 297 g/mol. The summed E-state index contributed by atoms with van der Waals surface area (Å²) in [7, 11) is -3.32. The smallest absolute Gasteiger partial charge is 0.303 e. The van der Waals surface area contributed by atoms with Crippen molar-refractivity contribution in [2.45, 2.75) is 25.7 Å². The van der Waals surface area contributed by atoms with Gasteiger partial charge in [0.2, 0.25) is 10.0 Å². The van der Waals surface area contributed by atoms with Gasteiger partial charge in [0.05, 0.1) is 5.75 Å². The van der Waals surface area contributed by atoms with Crippen LogP contribution in [0.4, 0.5) is 0 Å². The highest BCUT2D eigenvalue weighted by Crippen LogP contribution is 2.27. The maximum absolute atomic E-state index is 11.9. The highest BCUT2D eigenvalue weighted by molar-refractivity contribution is 7.89. The Labute approximate surface area is 119 Å². The molecule has 1 aromatic carbocycles. The van der Waals surface area contributed by atoms with Crippen LogP contribution in [-0.2, 0) is 27.7 Å². The number of hydrogen-bond donors (Lipinski definition) is 2. The minimum absolute atomic E-state index is 0.0165. The van der Waals surface area contributed by atoms with E-state index in [1.807, 2.05) is 24.3 Å². The molecule has 2 rings (SSSR count). The molecule has 0 aliphatic heterocycles. The number of carboxylic acids is 1. The fourth-order valence-electron chi connectivity index (χ4n) is 2.60. The second-order valence-corrected chi connectivity index (χ2v) is 7.07. The molecular weight excluding hydrogens is 278 g/mol. The summed E-state index contributed by atoms with van der Waals surface area (Å²) < 4.78 is 26.3. The zero-order valence-electron chi connectivity index (χ0n) is 11.2. The standard InChI is InChI=1S/C14H19NO4S/c16-14(17)6-3-7-15-20(18,19)10-11-8-12-4-1-2-5-13(12)9-11/h1-2,4-5,11,15H,3,6-10H2,(H,16,17). The predicted octanol–water partition coefficient (Wildman–Crippen LogP) is 1.19. The van der Waals surface area contributed by atoms with Crippen LogP contribution in [0.2, 0.25) is 0 Å². The zero-order valence-corrected chi connectivity index (χ0v) is 12.0. The Balaban J connectivity index is 1.80. The maximum atomic E-state index is 11.9. The molecular formula is C14H19NO4S. The van der Waals surface area contributed by atoms with E-state index < -0.39 is 16.0 Å². The van der Waals surface area contributed by atoms with Crippen molar-refractivity contribution in [1.29, 1.82) is 0 Å². The summed E-state index contributed by atoms with van der Waals surface area (Å²) >= 11 is 0. The summed E-state index contributed by atoms with van der Waals surface area (Å²) in [4.78, 5) is 10.4. The van der Waals surface area contributed by atoms with E-state index in [0.717, 1.165) is 12.8 Å². The fourth-order valence-corrected chi connectivity index (χ4v) is 4.03. The van der Waals surface area contributed by atoms with Gasteiger partial charge in [-0.3, -0.25) is 4.79 Å². The molecule has 0 amide bonds. The van der Waals surface area contributed by atoms with Crippen molar-refractivity contribution >= 4 is 16.0 Å². The molecule has 0 fully saturated rings. The average Bonchev–Trinajstić information content (AvgIpc) is 2.75. The van der Waals surface area contributed by atoms with Crippen LogP contribution in [0.25, 0.3) is 0 Å². The Morgan fingerprint density at radius 1 is 1.25 bits per heavy atom. The largest absolute Gasteiger partial charge is 0.481 e. The van der Waals surface area contributed by atoms with Gasteiger partial charge in [-0.1, -0.05) is 24.3 Å². The van der Waals surface area contributed by atoms with Crippen molar-refractivity contribution in [3.8, 4) is 0 Å². The monoisotopic (exact) mass is 297 g/mol. The number of hydrogen-bond acceptors (Lipinski definition) is 3. The molecule has 110 valence electrons. The van der Waals surface area contributed by atoms with Gasteiger partial charge in [0.1, 0.15) is 0 Å². The number of rotatable bonds is 7. The van der Waals surface area contributed by atoms with Crippen LogP contribution in [0.15, 0.2) is 24.3 Å². The fraction of sp³-hybridized carbons (Fsp3) is 0.500. The third kappa shape index (κ3) is 4.31. The molecule has 1 aromatic rings. The molecule has 1 aliphatic rings. The van der Waals surface area contributed by atoms with Gasteiger partial charge in [-0.2, -0.15) is 0 Å². The lowest BCUT2D eigenvalue weighted by molar-refractivity contribution is -0.137. The van der Waals surface area contributed by atoms with Gasteiger partial charge in [0.25, 0.3) is 0 Å². The summed E-state index contributed by atoms with van der Waals surface area (Å²) in [6, 6.07) is 8.03. The SMILES string of the molecule is O=C(O)CCCNS(=O)(=O)CC1Cc2ccccc2C1. The molecule has 0 saturated heterocycles. The first-order valence-electron chi connectivity index (χ1n) is 6.72. The number of sulfonamides is 1. The molecule has 0 aromatic heterocycles. The Morgan fingerprint density at radius 2 is 1.85 bits per heavy atom. The number of aliphatic carboxylic acids is 1. The highest BCUT2D eigenvalue weighted by atomic mass is 32.2. The molecule has 0 bridgehead atoms. The van der Waals surface area contributed by atoms with Crippen molar-refractivity contribution < 1.29 is 18.3 Å². The van der Waals surface area contributed by atoms with Crippen molar-refractivity contribution in [3.63, 3.8) is 0 Å². The van der Waals surface area contributed by atoms with Gasteiger partial charge in [-0.25, -0.2) is 13.1 Å². The first kappa shape index (κ1) is 15.0. The first-order valence-corrected chi connectivity index (χ1v) is 8.37. The molecule has 0 heterocycles. The summed E-state index contributed by atoms with van der Waals surface area (Å²) in [5.74, 6) is -0.686. The van der Waals surface area contributed by atoms with E-state index >= 15 is 0 Å². The van der Waals surface area contributed by atoms with Crippen molar-refractivity contribution in [2.24, 2.45) is 5.92 Å². The van der Waals surface area contributed by atoms with Gasteiger partial charge in [-0.05, 0) is 36.3 Å². The van der Waals surface area contributed by atoms with Gasteiger partial charge in [-0.15, -0.1) is 0 Å². The molecule has 2 N–H and O–H groups in total. The van der Waals surface area contributed by atoms with E-state index in [-0.39, 0.29) is 24.6 Å². The van der Waals surface area contributed by atoms with Crippen molar-refractivity contribution in [3.05, 3.63) is 35.4 Å². The predicted molar refractivity (Wildman–Crippen MR) is 76.0 cm³/mol. The minimum atomic E-state index is -3.32. The lowest BCUT2D eigenvalue weighted by Gasteiger charge is -2.10. The van der Waals surface area contributed by atoms with Crippen LogP contribution in [0.5, 0.6) is 0 Å². The van der Waals surface area contributed by atoms with Crippen LogP contribution >= 0.6 is 0 Å². The first-order chi connectivity index (χ1) is 9.46. The minimum Gasteiger partial charge on any atom is -0.481 e. The third-order valence-corrected chi connectivity index (χ3v) is 5.03. The molecule has 6 heteroatoms. The summed E-state index contributed by atoms with van der Waals surface area (Å²) in [5, 5.41) is 8.50. The van der Waals surface area contributed by atoms with Crippen LogP contribution in [0, 0.1) is 5.92 Å². The maximum Gasteiger partial charge on any atom is 0.303 e. The molecule has 0 atom stereocenters. The number of carbonyl (C=O) groups is 1. The zero-order chi connectivity index (χ0) is 14.6. The van der Waals surface area contributed by atoms with Crippen LogP contribution in [-0.4, -0.2) is 31.8 Å². The molecule has 20 heavy (non-hydrogen) atoms. The second kappa shape index (κ2) is 6.37. The van der Waals surface area contributed by atoms with Crippen molar-refractivity contribution in [2.75, 3.05) is 12.3 Å². The Morgan fingerprint density at radius 3 is 2.40 bits per heavy atom. The second-order valence-electron chi connectivity index (χ2n) is 5.22. The number of fused-ring (bicyclic) bond motifs is 1. The van der Waals surface area contributed by atoms with Gasteiger partial charge < -0.3 is 5.11 Å². The van der Waals surface area contributed by atoms with E-state index in [2.05, 4.69) is 4.72 Å². The van der Waals surface area contributed by atoms with Crippen molar-refractivity contribution in [1.82, 2.24) is 4.72 Å².